The zero-order valence-electron chi connectivity index (χ0n) is 27.7. The molecule has 1 amide bonds. The highest BCUT2D eigenvalue weighted by atomic mass is 32.2. The van der Waals surface area contributed by atoms with Gasteiger partial charge in [-0.05, 0) is 69.2 Å². The Hall–Kier alpha value is -3.66. The minimum Gasteiger partial charge on any atom is -0.465 e. The molecule has 1 aromatic heterocycles. The van der Waals surface area contributed by atoms with Crippen LogP contribution in [0.15, 0.2) is 42.5 Å². The quantitative estimate of drug-likeness (QED) is 0.184. The summed E-state index contributed by atoms with van der Waals surface area (Å²) >= 11 is 1.03. The summed E-state index contributed by atoms with van der Waals surface area (Å²) in [6.07, 6.45) is 1.91. The third-order valence-corrected chi connectivity index (χ3v) is 7.87. The Bertz CT molecular complexity index is 1490. The molecule has 0 saturated heterocycles. The van der Waals surface area contributed by atoms with E-state index in [1.54, 1.807) is 61.7 Å². The van der Waals surface area contributed by atoms with Crippen molar-refractivity contribution in [3.8, 4) is 17.1 Å². The van der Waals surface area contributed by atoms with Gasteiger partial charge in [-0.1, -0.05) is 69.8 Å². The lowest BCUT2D eigenvalue weighted by Gasteiger charge is -2.20. The van der Waals surface area contributed by atoms with E-state index in [2.05, 4.69) is 5.32 Å². The fourth-order valence-corrected chi connectivity index (χ4v) is 5.91. The summed E-state index contributed by atoms with van der Waals surface area (Å²) in [7, 11) is 0. The number of nitrogens with zero attached hydrogens (tertiary/aromatic N) is 2. The highest BCUT2D eigenvalue weighted by molar-refractivity contribution is 8.14. The van der Waals surface area contributed by atoms with Crippen molar-refractivity contribution in [3.05, 3.63) is 70.8 Å². The SMILES string of the molecule is CCCOc1nc(CC)c(CNC(=O)[C@H](CC(C)C)SC(C)=O)n1Cc1ccc(-c2ccccc2C(=O)OC(C)(C)C)cc1F. The van der Waals surface area contributed by atoms with Crippen molar-refractivity contribution in [1.82, 2.24) is 14.9 Å². The number of imidazole rings is 1. The summed E-state index contributed by atoms with van der Waals surface area (Å²) in [5.74, 6) is -0.923. The molecule has 0 saturated carbocycles. The maximum absolute atomic E-state index is 15.8. The third kappa shape index (κ3) is 10.2. The van der Waals surface area contributed by atoms with Crippen LogP contribution in [0.3, 0.4) is 0 Å². The first-order valence-corrected chi connectivity index (χ1v) is 16.4. The Kier molecular flexibility index (Phi) is 12.8. The first kappa shape index (κ1) is 35.8. The van der Waals surface area contributed by atoms with E-state index >= 15 is 4.39 Å². The zero-order valence-corrected chi connectivity index (χ0v) is 28.5. The van der Waals surface area contributed by atoms with Crippen molar-refractivity contribution in [3.63, 3.8) is 0 Å². The molecule has 0 spiro atoms. The number of esters is 1. The Balaban J connectivity index is 1.95. The largest absolute Gasteiger partial charge is 0.465 e. The number of halogens is 1. The van der Waals surface area contributed by atoms with Gasteiger partial charge in [0.05, 0.1) is 41.9 Å². The van der Waals surface area contributed by atoms with Gasteiger partial charge < -0.3 is 14.8 Å². The Morgan fingerprint density at radius 3 is 2.40 bits per heavy atom. The van der Waals surface area contributed by atoms with E-state index in [9.17, 15) is 14.4 Å². The lowest BCUT2D eigenvalue weighted by molar-refractivity contribution is -0.121. The lowest BCUT2D eigenvalue weighted by Crippen LogP contribution is -2.34. The summed E-state index contributed by atoms with van der Waals surface area (Å²) in [5, 5.41) is 2.37. The molecular formula is C35H46FN3O5S. The molecule has 0 aliphatic heterocycles. The van der Waals surface area contributed by atoms with Crippen LogP contribution >= 0.6 is 11.8 Å². The molecule has 10 heteroatoms. The predicted octanol–water partition coefficient (Wildman–Crippen LogP) is 7.35. The molecule has 3 rings (SSSR count). The van der Waals surface area contributed by atoms with Gasteiger partial charge in [-0.3, -0.25) is 14.2 Å². The first-order valence-electron chi connectivity index (χ1n) is 15.5. The maximum atomic E-state index is 15.8. The number of ether oxygens (including phenoxy) is 2. The fraction of sp³-hybridized carbons (Fsp3) is 0.486. The van der Waals surface area contributed by atoms with Crippen LogP contribution < -0.4 is 10.1 Å². The fourth-order valence-electron chi connectivity index (χ4n) is 4.84. The third-order valence-electron chi connectivity index (χ3n) is 6.85. The molecule has 0 bridgehead atoms. The topological polar surface area (TPSA) is 99.5 Å². The minimum absolute atomic E-state index is 0.113. The van der Waals surface area contributed by atoms with E-state index < -0.39 is 22.6 Å². The molecule has 1 atom stereocenters. The van der Waals surface area contributed by atoms with E-state index in [0.29, 0.717) is 53.4 Å². The van der Waals surface area contributed by atoms with Crippen LogP contribution in [0, 0.1) is 11.7 Å². The summed E-state index contributed by atoms with van der Waals surface area (Å²) in [6.45, 7) is 15.5. The Morgan fingerprint density at radius 2 is 1.80 bits per heavy atom. The number of hydrogen-bond donors (Lipinski definition) is 1. The van der Waals surface area contributed by atoms with Crippen molar-refractivity contribution in [2.75, 3.05) is 6.61 Å². The van der Waals surface area contributed by atoms with Crippen LogP contribution in [-0.4, -0.2) is 44.0 Å². The molecule has 1 N–H and O–H groups in total. The molecule has 244 valence electrons. The second-order valence-corrected chi connectivity index (χ2v) is 13.8. The van der Waals surface area contributed by atoms with E-state index in [1.165, 1.54) is 13.0 Å². The summed E-state index contributed by atoms with van der Waals surface area (Å²) in [5.41, 5.74) is 2.66. The van der Waals surface area contributed by atoms with E-state index in [0.717, 1.165) is 23.9 Å². The molecule has 45 heavy (non-hydrogen) atoms. The van der Waals surface area contributed by atoms with Crippen molar-refractivity contribution >= 4 is 28.8 Å². The number of carbonyl (C=O) groups excluding carboxylic acids is 3. The van der Waals surface area contributed by atoms with Gasteiger partial charge in [-0.25, -0.2) is 9.18 Å². The monoisotopic (exact) mass is 639 g/mol. The molecule has 0 fully saturated rings. The van der Waals surface area contributed by atoms with E-state index in [1.807, 2.05) is 27.7 Å². The Morgan fingerprint density at radius 1 is 1.09 bits per heavy atom. The van der Waals surface area contributed by atoms with Gasteiger partial charge in [-0.2, -0.15) is 4.98 Å². The number of hydrogen-bond acceptors (Lipinski definition) is 7. The van der Waals surface area contributed by atoms with Gasteiger partial charge in [0.1, 0.15) is 11.4 Å². The van der Waals surface area contributed by atoms with Crippen LogP contribution in [0.4, 0.5) is 4.39 Å². The normalized spacial score (nSPS) is 12.2. The predicted molar refractivity (Wildman–Crippen MR) is 177 cm³/mol. The summed E-state index contributed by atoms with van der Waals surface area (Å²) < 4.78 is 29.1. The molecule has 8 nitrogen and oxygen atoms in total. The molecule has 2 aromatic carbocycles. The van der Waals surface area contributed by atoms with Crippen LogP contribution in [0.5, 0.6) is 6.01 Å². The van der Waals surface area contributed by atoms with Gasteiger partial charge in [0.25, 0.3) is 6.01 Å². The number of carbonyl (C=O) groups is 3. The molecule has 0 radical (unpaired) electrons. The highest BCUT2D eigenvalue weighted by Gasteiger charge is 2.25. The second kappa shape index (κ2) is 16.1. The molecule has 3 aromatic rings. The number of thioether (sulfide) groups is 1. The van der Waals surface area contributed by atoms with Crippen molar-refractivity contribution in [2.24, 2.45) is 5.92 Å². The zero-order chi connectivity index (χ0) is 33.3. The molecule has 0 aliphatic rings. The second-order valence-electron chi connectivity index (χ2n) is 12.4. The van der Waals surface area contributed by atoms with Crippen molar-refractivity contribution in [1.29, 1.82) is 0 Å². The first-order chi connectivity index (χ1) is 21.2. The minimum atomic E-state index is -0.669. The molecule has 0 unspecified atom stereocenters. The van der Waals surface area contributed by atoms with Crippen LogP contribution in [-0.2, 0) is 33.8 Å². The highest BCUT2D eigenvalue weighted by Crippen LogP contribution is 2.29. The smallest absolute Gasteiger partial charge is 0.339 e. The summed E-state index contributed by atoms with van der Waals surface area (Å²) in [6, 6.07) is 12.2. The van der Waals surface area contributed by atoms with Gasteiger partial charge in [0, 0.05) is 12.5 Å². The summed E-state index contributed by atoms with van der Waals surface area (Å²) in [4.78, 5) is 42.6. The molecule has 0 aliphatic carbocycles. The van der Waals surface area contributed by atoms with Crippen LogP contribution in [0.1, 0.15) is 95.5 Å². The molecule has 1 heterocycles. The van der Waals surface area contributed by atoms with Gasteiger partial charge >= 0.3 is 5.97 Å². The van der Waals surface area contributed by atoms with Crippen molar-refractivity contribution in [2.45, 2.75) is 98.6 Å². The van der Waals surface area contributed by atoms with E-state index in [4.69, 9.17) is 14.5 Å². The molecular weight excluding hydrogens is 593 g/mol. The van der Waals surface area contributed by atoms with Crippen LogP contribution in [0.2, 0.25) is 0 Å². The number of rotatable bonds is 14. The number of amides is 1. The lowest BCUT2D eigenvalue weighted by atomic mass is 9.98. The number of nitrogens with one attached hydrogen (secondary N) is 1. The average molecular weight is 640 g/mol. The number of aromatic nitrogens is 2. The van der Waals surface area contributed by atoms with Crippen LogP contribution in [0.25, 0.3) is 11.1 Å². The van der Waals surface area contributed by atoms with Gasteiger partial charge in [0.2, 0.25) is 5.91 Å². The number of aryl methyl sites for hydroxylation is 1. The van der Waals surface area contributed by atoms with Gasteiger partial charge in [-0.15, -0.1) is 0 Å². The standard InChI is InChI=1S/C35H46FN3O5S/c1-9-17-43-34-38-29(10-2)30(20-37-32(41)31(18-22(3)4)45-23(5)40)39(34)21-25-16-15-24(19-28(25)36)26-13-11-12-14-27(26)33(42)44-35(6,7)8/h11-16,19,22,31H,9-10,17-18,20-21H2,1-8H3,(H,37,41)/t31-/m0/s1. The number of benzene rings is 2. The van der Waals surface area contributed by atoms with Crippen molar-refractivity contribution < 1.29 is 28.2 Å². The van der Waals surface area contributed by atoms with Gasteiger partial charge in [0.15, 0.2) is 5.12 Å². The Labute approximate surface area is 270 Å². The average Bonchev–Trinajstić information content (AvgIpc) is 3.29. The van der Waals surface area contributed by atoms with E-state index in [-0.39, 0.29) is 30.0 Å². The maximum Gasteiger partial charge on any atom is 0.339 e.